The van der Waals surface area contributed by atoms with Gasteiger partial charge in [0.05, 0.1) is 23.1 Å². The molecular weight excluding hydrogens is 956 g/mol. The number of imide groups is 1. The summed E-state index contributed by atoms with van der Waals surface area (Å²) in [6, 6.07) is 14.2. The molecule has 19 heteroatoms. The van der Waals surface area contributed by atoms with Crippen molar-refractivity contribution in [3.05, 3.63) is 105 Å². The van der Waals surface area contributed by atoms with E-state index in [1.54, 1.807) is 7.05 Å². The van der Waals surface area contributed by atoms with E-state index in [0.29, 0.717) is 57.4 Å². The number of halogens is 5. The smallest absolute Gasteiger partial charge is 0.329 e. The normalized spacial score (nSPS) is 23.3. The zero-order chi connectivity index (χ0) is 50.7. The van der Waals surface area contributed by atoms with Gasteiger partial charge in [-0.1, -0.05) is 48.9 Å². The second-order valence-electron chi connectivity index (χ2n) is 19.9. The van der Waals surface area contributed by atoms with Gasteiger partial charge in [0.2, 0.25) is 17.7 Å². The van der Waals surface area contributed by atoms with E-state index in [4.69, 9.17) is 26.8 Å². The number of amides is 5. The van der Waals surface area contributed by atoms with Crippen LogP contribution in [0.15, 0.2) is 54.6 Å². The van der Waals surface area contributed by atoms with E-state index >= 15 is 17.6 Å². The van der Waals surface area contributed by atoms with Gasteiger partial charge in [-0.15, -0.1) is 0 Å². The molecule has 14 nitrogen and oxygen atoms in total. The number of piperidine rings is 2. The Labute approximate surface area is 419 Å². The Morgan fingerprint density at radius 2 is 1.60 bits per heavy atom. The third kappa shape index (κ3) is 8.61. The summed E-state index contributed by atoms with van der Waals surface area (Å²) in [4.78, 5) is 56.6. The van der Waals surface area contributed by atoms with E-state index in [1.165, 1.54) is 41.0 Å². The summed E-state index contributed by atoms with van der Waals surface area (Å²) in [5.41, 5.74) is 5.53. The second kappa shape index (κ2) is 19.6. The molecular formula is C53H57ClF4N8O6. The molecule has 1 aromatic heterocycles. The molecule has 2 atom stereocenters. The number of urea groups is 1. The van der Waals surface area contributed by atoms with Gasteiger partial charge in [-0.2, -0.15) is 5.10 Å². The highest BCUT2D eigenvalue weighted by atomic mass is 35.5. The number of aromatic nitrogens is 2. The molecule has 5 aromatic rings. The number of nitrogens with one attached hydrogen (secondary N) is 2. The molecule has 0 spiro atoms. The number of hydrogen-bond donors (Lipinski definition) is 3. The largest absolute Gasteiger partial charge is 0.494 e. The van der Waals surface area contributed by atoms with E-state index in [2.05, 4.69) is 20.6 Å². The summed E-state index contributed by atoms with van der Waals surface area (Å²) >= 11 is 6.69. The molecule has 380 valence electrons. The number of methoxy groups -OCH3 is 1. The Balaban J connectivity index is 0.754. The number of primary amides is 1. The van der Waals surface area contributed by atoms with E-state index in [-0.39, 0.29) is 105 Å². The highest BCUT2D eigenvalue weighted by molar-refractivity contribution is 6.34. The Bertz CT molecular complexity index is 2970. The van der Waals surface area contributed by atoms with Crippen molar-refractivity contribution in [2.75, 3.05) is 51.3 Å². The number of likely N-dealkylation sites (tertiary alicyclic amines) is 2. The monoisotopic (exact) mass is 1010 g/mol. The van der Waals surface area contributed by atoms with Crippen LogP contribution in [0.25, 0.3) is 22.0 Å². The molecule has 5 amide bonds. The lowest BCUT2D eigenvalue weighted by Gasteiger charge is -2.43. The average molecular weight is 1010 g/mol. The first-order valence-corrected chi connectivity index (χ1v) is 25.1. The number of hydrogen-bond acceptors (Lipinski definition) is 9. The molecule has 10 rings (SSSR count). The number of benzene rings is 4. The lowest BCUT2D eigenvalue weighted by Crippen LogP contribution is -2.51. The van der Waals surface area contributed by atoms with Gasteiger partial charge in [0.1, 0.15) is 22.9 Å². The number of carbonyl (C=O) groups excluding carboxylic acids is 4. The Morgan fingerprint density at radius 1 is 0.889 bits per heavy atom. The Morgan fingerprint density at radius 3 is 2.26 bits per heavy atom. The lowest BCUT2D eigenvalue weighted by molar-refractivity contribution is -0.138. The number of nitrogens with zero attached hydrogens (tertiary/aromatic N) is 5. The average Bonchev–Trinajstić information content (AvgIpc) is 3.86. The van der Waals surface area contributed by atoms with Crippen molar-refractivity contribution in [3.63, 3.8) is 0 Å². The number of aryl methyl sites for hydroxylation is 1. The van der Waals surface area contributed by atoms with Crippen LogP contribution in [0.3, 0.4) is 0 Å². The van der Waals surface area contributed by atoms with Crippen LogP contribution >= 0.6 is 11.6 Å². The summed E-state index contributed by atoms with van der Waals surface area (Å²) in [6.45, 7) is 4.87. The van der Waals surface area contributed by atoms with Crippen LogP contribution in [0.5, 0.6) is 11.5 Å². The quantitative estimate of drug-likeness (QED) is 0.110. The molecule has 4 fully saturated rings. The number of ether oxygens (including phenoxy) is 2. The van der Waals surface area contributed by atoms with Gasteiger partial charge in [0.25, 0.3) is 0 Å². The van der Waals surface area contributed by atoms with Crippen molar-refractivity contribution in [1.82, 2.24) is 30.2 Å². The van der Waals surface area contributed by atoms with Crippen LogP contribution in [0.4, 0.5) is 28.2 Å². The Hall–Kier alpha value is -6.24. The molecule has 1 saturated carbocycles. The minimum Gasteiger partial charge on any atom is -0.494 e. The molecule has 5 heterocycles. The standard InChI is InChI=1S/C53H57ClF4N8O6/c1-28-41-39(26-37(56)45(54)44(41)43-34(49(59)68)13-14-38(71-3)46(43)57)72-53(28,31-7-5-4-6-8-31)27-60-32-11-9-30(10-12-32)51(69)65-22-17-33(18-23-65)64-20-15-29(16-21-64)42-36(55)25-35-48(47(42)58)63(2)62-50(35)66-24-19-40(67)61-52(66)70/h4-8,13-14,25-26,28-30,32-33,60H,9-12,15-24,27H2,1-3H3,(H2,59,68)(H,61,67,70)/t28-,30?,32?,53-/m0/s1. The number of fused-ring (bicyclic) bond motifs is 2. The van der Waals surface area contributed by atoms with Gasteiger partial charge in [-0.05, 0) is 94.1 Å². The third-order valence-corrected chi connectivity index (χ3v) is 16.4. The van der Waals surface area contributed by atoms with Crippen molar-refractivity contribution in [2.24, 2.45) is 18.7 Å². The number of anilines is 1. The highest BCUT2D eigenvalue weighted by Crippen LogP contribution is 2.56. The second-order valence-corrected chi connectivity index (χ2v) is 20.3. The van der Waals surface area contributed by atoms with Crippen molar-refractivity contribution in [2.45, 2.75) is 94.2 Å². The van der Waals surface area contributed by atoms with Crippen LogP contribution in [0, 0.1) is 29.2 Å². The number of rotatable bonds is 11. The predicted molar refractivity (Wildman–Crippen MR) is 262 cm³/mol. The topological polar surface area (TPSA) is 164 Å². The molecule has 4 N–H and O–H groups in total. The van der Waals surface area contributed by atoms with Crippen molar-refractivity contribution in [3.8, 4) is 22.6 Å². The summed E-state index contributed by atoms with van der Waals surface area (Å²) < 4.78 is 77.5. The van der Waals surface area contributed by atoms with Gasteiger partial charge >= 0.3 is 6.03 Å². The summed E-state index contributed by atoms with van der Waals surface area (Å²) in [6.07, 6.45) is 5.68. The molecule has 0 bridgehead atoms. The SMILES string of the molecule is COc1ccc(C(N)=O)c(-c2c(Cl)c(F)cc3c2[C@H](C)[C@@](CNC2CCC(C(=O)N4CCC(N5CCC(c6c(F)cc7c(N8CCC(=O)NC8=O)nn(C)c7c6F)CC5)CC4)CC2)(c2ccccc2)O3)c1F. The minimum atomic E-state index is -1.10. The van der Waals surface area contributed by atoms with Crippen LogP contribution < -0.4 is 30.7 Å². The van der Waals surface area contributed by atoms with E-state index < -0.39 is 52.6 Å². The molecule has 3 saturated heterocycles. The van der Waals surface area contributed by atoms with Gasteiger partial charge in [-0.25, -0.2) is 22.4 Å². The Kier molecular flexibility index (Phi) is 13.5. The van der Waals surface area contributed by atoms with Gasteiger partial charge in [0.15, 0.2) is 28.8 Å². The minimum absolute atomic E-state index is 0.0252. The summed E-state index contributed by atoms with van der Waals surface area (Å²) in [5.74, 6) is -5.18. The zero-order valence-electron chi connectivity index (χ0n) is 40.3. The first kappa shape index (κ1) is 49.3. The van der Waals surface area contributed by atoms with Crippen molar-refractivity contribution in [1.29, 1.82) is 0 Å². The number of carbonyl (C=O) groups is 4. The molecule has 5 aliphatic rings. The predicted octanol–water partition coefficient (Wildman–Crippen LogP) is 8.41. The van der Waals surface area contributed by atoms with Crippen LogP contribution in [0.1, 0.15) is 104 Å². The van der Waals surface area contributed by atoms with Gasteiger partial charge in [-0.3, -0.25) is 29.3 Å². The number of nitrogens with two attached hydrogens (primary N) is 1. The van der Waals surface area contributed by atoms with E-state index in [9.17, 15) is 19.2 Å². The molecule has 72 heavy (non-hydrogen) atoms. The molecule has 0 unspecified atom stereocenters. The maximum absolute atomic E-state index is 16.3. The summed E-state index contributed by atoms with van der Waals surface area (Å²) in [5, 5.41) is 10.1. The van der Waals surface area contributed by atoms with Crippen LogP contribution in [0.2, 0.25) is 5.02 Å². The summed E-state index contributed by atoms with van der Waals surface area (Å²) in [7, 11) is 2.84. The first-order chi connectivity index (χ1) is 34.6. The molecule has 4 aromatic carbocycles. The third-order valence-electron chi connectivity index (χ3n) is 16.1. The maximum Gasteiger partial charge on any atom is 0.329 e. The lowest BCUT2D eigenvalue weighted by atomic mass is 9.77. The fraction of sp³-hybridized carbons (Fsp3) is 0.453. The van der Waals surface area contributed by atoms with Crippen molar-refractivity contribution >= 4 is 52.1 Å². The van der Waals surface area contributed by atoms with Gasteiger partial charge in [0, 0.05) is 91.9 Å². The van der Waals surface area contributed by atoms with Crippen LogP contribution in [-0.4, -0.2) is 102 Å². The molecule has 4 aliphatic heterocycles. The van der Waals surface area contributed by atoms with Crippen molar-refractivity contribution < 1.29 is 46.2 Å². The first-order valence-electron chi connectivity index (χ1n) is 24.7. The van der Waals surface area contributed by atoms with Crippen LogP contribution in [-0.2, 0) is 22.2 Å². The molecule has 0 radical (unpaired) electrons. The molecule has 1 aliphatic carbocycles. The van der Waals surface area contributed by atoms with E-state index in [0.717, 1.165) is 31.2 Å². The maximum atomic E-state index is 16.3. The van der Waals surface area contributed by atoms with Gasteiger partial charge < -0.3 is 30.3 Å². The van der Waals surface area contributed by atoms with E-state index in [1.807, 2.05) is 42.2 Å². The highest BCUT2D eigenvalue weighted by Gasteiger charge is 2.50. The zero-order valence-corrected chi connectivity index (χ0v) is 41.1. The fourth-order valence-electron chi connectivity index (χ4n) is 12.2. The fourth-order valence-corrected chi connectivity index (χ4v) is 12.4.